The maximum atomic E-state index is 13.2. The van der Waals surface area contributed by atoms with E-state index in [0.29, 0.717) is 6.61 Å². The van der Waals surface area contributed by atoms with E-state index in [2.05, 4.69) is 12.2 Å². The highest BCUT2D eigenvalue weighted by Gasteiger charge is 2.08. The Kier molecular flexibility index (Phi) is 5.56. The van der Waals surface area contributed by atoms with Crippen molar-refractivity contribution in [1.29, 1.82) is 0 Å². The zero-order chi connectivity index (χ0) is 14.2. The molecule has 0 saturated heterocycles. The van der Waals surface area contributed by atoms with E-state index in [9.17, 15) is 4.39 Å². The largest absolute Gasteiger partial charge is 0.492 e. The van der Waals surface area contributed by atoms with Gasteiger partial charge in [0.1, 0.15) is 18.2 Å². The fourth-order valence-electron chi connectivity index (χ4n) is 2.14. The molecule has 1 N–H and O–H groups in total. The van der Waals surface area contributed by atoms with Crippen molar-refractivity contribution in [3.63, 3.8) is 0 Å². The molecule has 1 unspecified atom stereocenters. The Bertz CT molecular complexity index is 515. The van der Waals surface area contributed by atoms with E-state index in [1.807, 2.05) is 36.4 Å². The molecule has 0 radical (unpaired) electrons. The molecule has 0 aliphatic rings. The highest BCUT2D eigenvalue weighted by Crippen LogP contribution is 2.17. The Labute approximate surface area is 119 Å². The Morgan fingerprint density at radius 3 is 2.60 bits per heavy atom. The molecule has 0 aromatic heterocycles. The predicted molar refractivity (Wildman–Crippen MR) is 79.4 cm³/mol. The van der Waals surface area contributed by atoms with Crippen LogP contribution in [0.25, 0.3) is 0 Å². The lowest BCUT2D eigenvalue weighted by Crippen LogP contribution is -2.25. The molecule has 0 heterocycles. The Balaban J connectivity index is 1.80. The van der Waals surface area contributed by atoms with Crippen LogP contribution in [0.2, 0.25) is 0 Å². The molecule has 0 bridgehead atoms. The molecule has 0 aliphatic carbocycles. The number of hydrogen-bond donors (Lipinski definition) is 1. The first kappa shape index (κ1) is 14.5. The molecule has 0 amide bonds. The number of para-hydroxylation sites is 1. The van der Waals surface area contributed by atoms with Gasteiger partial charge in [0.2, 0.25) is 0 Å². The summed E-state index contributed by atoms with van der Waals surface area (Å²) in [5, 5.41) is 3.39. The van der Waals surface area contributed by atoms with E-state index in [1.165, 1.54) is 6.07 Å². The number of halogens is 1. The fourth-order valence-corrected chi connectivity index (χ4v) is 2.14. The molecule has 2 nitrogen and oxygen atoms in total. The summed E-state index contributed by atoms with van der Waals surface area (Å²) in [6.45, 7) is 3.40. The molecule has 106 valence electrons. The van der Waals surface area contributed by atoms with Crippen molar-refractivity contribution in [2.24, 2.45) is 0 Å². The van der Waals surface area contributed by atoms with Crippen LogP contribution in [0, 0.1) is 5.82 Å². The van der Waals surface area contributed by atoms with Crippen LogP contribution in [0.15, 0.2) is 54.6 Å². The van der Waals surface area contributed by atoms with Crippen molar-refractivity contribution in [2.45, 2.75) is 19.4 Å². The number of hydrogen-bond acceptors (Lipinski definition) is 2. The third kappa shape index (κ3) is 4.35. The van der Waals surface area contributed by atoms with Gasteiger partial charge in [-0.3, -0.25) is 0 Å². The molecule has 0 aliphatic heterocycles. The van der Waals surface area contributed by atoms with Gasteiger partial charge in [-0.05, 0) is 36.2 Å². The van der Waals surface area contributed by atoms with Gasteiger partial charge < -0.3 is 10.1 Å². The third-order valence-electron chi connectivity index (χ3n) is 3.16. The molecule has 0 spiro atoms. The van der Waals surface area contributed by atoms with Crippen molar-refractivity contribution in [3.8, 4) is 5.75 Å². The van der Waals surface area contributed by atoms with Crippen LogP contribution in [-0.4, -0.2) is 13.2 Å². The summed E-state index contributed by atoms with van der Waals surface area (Å²) in [6, 6.07) is 16.6. The minimum atomic E-state index is -0.191. The lowest BCUT2D eigenvalue weighted by Gasteiger charge is -2.17. The van der Waals surface area contributed by atoms with Crippen LogP contribution in [0.3, 0.4) is 0 Å². The predicted octanol–water partition coefficient (Wildman–Crippen LogP) is 3.95. The summed E-state index contributed by atoms with van der Waals surface area (Å²) < 4.78 is 18.8. The number of nitrogens with one attached hydrogen (secondary N) is 1. The van der Waals surface area contributed by atoms with E-state index >= 15 is 0 Å². The quantitative estimate of drug-likeness (QED) is 0.771. The summed E-state index contributed by atoms with van der Waals surface area (Å²) in [6.07, 6.45) is 0.911. The summed E-state index contributed by atoms with van der Waals surface area (Å²) in [4.78, 5) is 0. The average molecular weight is 273 g/mol. The lowest BCUT2D eigenvalue weighted by molar-refractivity contribution is 0.304. The molecule has 3 heteroatoms. The van der Waals surface area contributed by atoms with Gasteiger partial charge in [-0.2, -0.15) is 0 Å². The van der Waals surface area contributed by atoms with E-state index in [1.54, 1.807) is 12.1 Å². The second-order valence-electron chi connectivity index (χ2n) is 4.63. The second-order valence-corrected chi connectivity index (χ2v) is 4.63. The van der Waals surface area contributed by atoms with Gasteiger partial charge in [0.05, 0.1) is 0 Å². The molecule has 20 heavy (non-hydrogen) atoms. The summed E-state index contributed by atoms with van der Waals surface area (Å²) in [5.41, 5.74) is 0.979. The summed E-state index contributed by atoms with van der Waals surface area (Å²) >= 11 is 0. The van der Waals surface area contributed by atoms with Gasteiger partial charge in [0, 0.05) is 12.6 Å². The van der Waals surface area contributed by atoms with E-state index in [4.69, 9.17) is 4.74 Å². The Hall–Kier alpha value is -1.87. The summed E-state index contributed by atoms with van der Waals surface area (Å²) in [7, 11) is 0. The van der Waals surface area contributed by atoms with Crippen molar-refractivity contribution >= 4 is 0 Å². The van der Waals surface area contributed by atoms with Crippen LogP contribution in [0.4, 0.5) is 4.39 Å². The van der Waals surface area contributed by atoms with Crippen LogP contribution in [-0.2, 0) is 0 Å². The number of benzene rings is 2. The van der Waals surface area contributed by atoms with Gasteiger partial charge in [-0.1, -0.05) is 37.3 Å². The zero-order valence-electron chi connectivity index (χ0n) is 11.7. The average Bonchev–Trinajstić information content (AvgIpc) is 2.48. The smallest absolute Gasteiger partial charge is 0.123 e. The van der Waals surface area contributed by atoms with Crippen LogP contribution >= 0.6 is 0 Å². The maximum absolute atomic E-state index is 13.2. The van der Waals surface area contributed by atoms with Gasteiger partial charge in [0.15, 0.2) is 0 Å². The first-order chi connectivity index (χ1) is 9.79. The molecule has 1 atom stereocenters. The maximum Gasteiger partial charge on any atom is 0.123 e. The molecule has 0 saturated carbocycles. The minimum absolute atomic E-state index is 0.157. The highest BCUT2D eigenvalue weighted by molar-refractivity contribution is 5.21. The molecular weight excluding hydrogens is 253 g/mol. The van der Waals surface area contributed by atoms with E-state index in [-0.39, 0.29) is 11.9 Å². The molecule has 0 fully saturated rings. The summed E-state index contributed by atoms with van der Waals surface area (Å²) in [5.74, 6) is 0.677. The number of ether oxygens (including phenoxy) is 1. The highest BCUT2D eigenvalue weighted by atomic mass is 19.1. The molecule has 2 aromatic carbocycles. The third-order valence-corrected chi connectivity index (χ3v) is 3.16. The first-order valence-electron chi connectivity index (χ1n) is 6.96. The Morgan fingerprint density at radius 1 is 1.10 bits per heavy atom. The normalized spacial score (nSPS) is 12.1. The Morgan fingerprint density at radius 2 is 1.90 bits per heavy atom. The van der Waals surface area contributed by atoms with Crippen molar-refractivity contribution < 1.29 is 9.13 Å². The van der Waals surface area contributed by atoms with Crippen molar-refractivity contribution in [3.05, 3.63) is 66.0 Å². The van der Waals surface area contributed by atoms with Gasteiger partial charge >= 0.3 is 0 Å². The first-order valence-corrected chi connectivity index (χ1v) is 6.96. The zero-order valence-corrected chi connectivity index (χ0v) is 11.7. The van der Waals surface area contributed by atoms with E-state index < -0.39 is 0 Å². The molecule has 2 aromatic rings. The van der Waals surface area contributed by atoms with Crippen LogP contribution < -0.4 is 10.1 Å². The van der Waals surface area contributed by atoms with Crippen molar-refractivity contribution in [2.75, 3.05) is 13.2 Å². The van der Waals surface area contributed by atoms with Crippen LogP contribution in [0.5, 0.6) is 5.75 Å². The minimum Gasteiger partial charge on any atom is -0.492 e. The van der Waals surface area contributed by atoms with Crippen LogP contribution in [0.1, 0.15) is 24.9 Å². The SMILES string of the molecule is CCC(NCCOc1ccccc1)c1cccc(F)c1. The monoisotopic (exact) mass is 273 g/mol. The molecular formula is C17H20FNO. The second kappa shape index (κ2) is 7.65. The lowest BCUT2D eigenvalue weighted by atomic mass is 10.0. The molecule has 2 rings (SSSR count). The van der Waals surface area contributed by atoms with Gasteiger partial charge in [-0.15, -0.1) is 0 Å². The standard InChI is InChI=1S/C17H20FNO/c1-2-17(14-7-6-8-15(18)13-14)19-11-12-20-16-9-4-3-5-10-16/h3-10,13,17,19H,2,11-12H2,1H3. The van der Waals surface area contributed by atoms with Gasteiger partial charge in [0.25, 0.3) is 0 Å². The van der Waals surface area contributed by atoms with Crippen molar-refractivity contribution in [1.82, 2.24) is 5.32 Å². The fraction of sp³-hybridized carbons (Fsp3) is 0.294. The number of rotatable bonds is 7. The van der Waals surface area contributed by atoms with Gasteiger partial charge in [-0.25, -0.2) is 4.39 Å². The topological polar surface area (TPSA) is 21.3 Å². The van der Waals surface area contributed by atoms with E-state index in [0.717, 1.165) is 24.3 Å².